The van der Waals surface area contributed by atoms with E-state index in [1.54, 1.807) is 0 Å². The molecule has 0 atom stereocenters. The summed E-state index contributed by atoms with van der Waals surface area (Å²) < 4.78 is 4.19. The van der Waals surface area contributed by atoms with Gasteiger partial charge in [-0.3, -0.25) is 9.58 Å². The van der Waals surface area contributed by atoms with Crippen LogP contribution in [-0.4, -0.2) is 42.5 Å². The van der Waals surface area contributed by atoms with E-state index >= 15 is 0 Å². The van der Waals surface area contributed by atoms with Crippen LogP contribution < -0.4 is 0 Å². The Morgan fingerprint density at radius 1 is 0.960 bits per heavy atom. The highest BCUT2D eigenvalue weighted by molar-refractivity contribution is 5.16. The van der Waals surface area contributed by atoms with Crippen molar-refractivity contribution >= 4 is 0 Å². The van der Waals surface area contributed by atoms with E-state index in [9.17, 15) is 0 Å². The quantitative estimate of drug-likeness (QED) is 0.714. The van der Waals surface area contributed by atoms with E-state index in [-0.39, 0.29) is 0 Å². The Hall–Kier alpha value is -2.47. The Morgan fingerprint density at radius 2 is 1.84 bits per heavy atom. The normalized spacial score (nSPS) is 15.1. The van der Waals surface area contributed by atoms with E-state index in [0.29, 0.717) is 0 Å². The summed E-state index contributed by atoms with van der Waals surface area (Å²) in [5.74, 6) is 2.24. The van der Waals surface area contributed by atoms with Crippen LogP contribution in [-0.2, 0) is 39.4 Å². The van der Waals surface area contributed by atoms with Crippen molar-refractivity contribution in [1.29, 1.82) is 0 Å². The Kier molecular flexibility index (Phi) is 4.61. The summed E-state index contributed by atoms with van der Waals surface area (Å²) in [5.41, 5.74) is 2.62. The molecule has 25 heavy (non-hydrogen) atoms. The molecule has 0 bridgehead atoms. The molecule has 0 unspecified atom stereocenters. The smallest absolute Gasteiger partial charge is 0.134 e. The van der Waals surface area contributed by atoms with E-state index < -0.39 is 0 Å². The largest absolute Gasteiger partial charge is 0.314 e. The van der Waals surface area contributed by atoms with Gasteiger partial charge in [-0.1, -0.05) is 30.3 Å². The van der Waals surface area contributed by atoms with Crippen LogP contribution in [0.4, 0.5) is 0 Å². The van der Waals surface area contributed by atoms with Gasteiger partial charge in [0.1, 0.15) is 11.6 Å². The van der Waals surface area contributed by atoms with Crippen LogP contribution in [0.15, 0.2) is 42.7 Å². The highest BCUT2D eigenvalue weighted by Crippen LogP contribution is 2.14. The number of fused-ring (bicyclic) bond motifs is 1. The molecule has 3 aromatic rings. The SMILES string of the molecule is Cn1cc(CN2CCc3nnc(CCc4ccccc4)n3CC2)cn1. The predicted octanol–water partition coefficient (Wildman–Crippen LogP) is 1.86. The molecule has 0 saturated heterocycles. The lowest BCUT2D eigenvalue weighted by atomic mass is 10.1. The molecule has 6 nitrogen and oxygen atoms in total. The molecule has 0 fully saturated rings. The van der Waals surface area contributed by atoms with Gasteiger partial charge in [-0.2, -0.15) is 5.10 Å². The molecule has 4 rings (SSSR count). The molecule has 1 aliphatic heterocycles. The third-order valence-electron chi connectivity index (χ3n) is 4.84. The van der Waals surface area contributed by atoms with Gasteiger partial charge in [-0.05, 0) is 12.0 Å². The predicted molar refractivity (Wildman–Crippen MR) is 96.1 cm³/mol. The maximum atomic E-state index is 4.45. The molecular formula is C19H24N6. The van der Waals surface area contributed by atoms with Crippen molar-refractivity contribution in [3.05, 3.63) is 65.5 Å². The number of hydrogen-bond acceptors (Lipinski definition) is 4. The average Bonchev–Trinajstić information content (AvgIpc) is 3.16. The minimum Gasteiger partial charge on any atom is -0.314 e. The molecule has 1 aromatic carbocycles. The third kappa shape index (κ3) is 3.79. The van der Waals surface area contributed by atoms with E-state index in [0.717, 1.165) is 57.1 Å². The summed E-state index contributed by atoms with van der Waals surface area (Å²) in [7, 11) is 1.96. The van der Waals surface area contributed by atoms with E-state index in [1.807, 2.05) is 17.9 Å². The van der Waals surface area contributed by atoms with Gasteiger partial charge in [0.25, 0.3) is 0 Å². The molecule has 0 amide bonds. The number of aromatic nitrogens is 5. The van der Waals surface area contributed by atoms with Gasteiger partial charge in [0.05, 0.1) is 6.20 Å². The van der Waals surface area contributed by atoms with Crippen LogP contribution in [0.5, 0.6) is 0 Å². The number of aryl methyl sites for hydroxylation is 3. The van der Waals surface area contributed by atoms with E-state index in [2.05, 4.69) is 61.3 Å². The Morgan fingerprint density at radius 3 is 2.64 bits per heavy atom. The lowest BCUT2D eigenvalue weighted by molar-refractivity contribution is 0.270. The van der Waals surface area contributed by atoms with Crippen molar-refractivity contribution in [2.24, 2.45) is 7.05 Å². The Balaban J connectivity index is 1.39. The Bertz CT molecular complexity index is 820. The van der Waals surface area contributed by atoms with Crippen LogP contribution in [0.1, 0.15) is 22.8 Å². The molecule has 1 aliphatic rings. The second-order valence-corrected chi connectivity index (χ2v) is 6.72. The highest BCUT2D eigenvalue weighted by Gasteiger charge is 2.19. The highest BCUT2D eigenvalue weighted by atomic mass is 15.3. The zero-order chi connectivity index (χ0) is 17.1. The standard InChI is InChI=1S/C19H24N6/c1-23-14-17(13-20-23)15-24-10-9-19-22-21-18(25(19)12-11-24)8-7-16-5-3-2-4-6-16/h2-6,13-14H,7-12,15H2,1H3. The molecule has 0 aliphatic carbocycles. The van der Waals surface area contributed by atoms with Gasteiger partial charge in [0.15, 0.2) is 0 Å². The molecule has 0 saturated carbocycles. The van der Waals surface area contributed by atoms with Crippen LogP contribution >= 0.6 is 0 Å². The first kappa shape index (κ1) is 16.0. The zero-order valence-electron chi connectivity index (χ0n) is 14.7. The first-order valence-corrected chi connectivity index (χ1v) is 8.93. The van der Waals surface area contributed by atoms with Crippen molar-refractivity contribution in [3.63, 3.8) is 0 Å². The lowest BCUT2D eigenvalue weighted by Crippen LogP contribution is -2.26. The van der Waals surface area contributed by atoms with Crippen LogP contribution in [0.3, 0.4) is 0 Å². The van der Waals surface area contributed by atoms with Crippen molar-refractivity contribution < 1.29 is 0 Å². The van der Waals surface area contributed by atoms with Crippen molar-refractivity contribution in [3.8, 4) is 0 Å². The minimum atomic E-state index is 0.944. The molecule has 3 heterocycles. The lowest BCUT2D eigenvalue weighted by Gasteiger charge is -2.18. The second kappa shape index (κ2) is 7.19. The number of nitrogens with zero attached hydrogens (tertiary/aromatic N) is 6. The van der Waals surface area contributed by atoms with E-state index in [1.165, 1.54) is 11.1 Å². The molecule has 0 N–H and O–H groups in total. The summed E-state index contributed by atoms with van der Waals surface area (Å²) in [5, 5.41) is 13.2. The molecule has 0 spiro atoms. The number of benzene rings is 1. The van der Waals surface area contributed by atoms with Gasteiger partial charge in [-0.25, -0.2) is 0 Å². The van der Waals surface area contributed by atoms with Crippen LogP contribution in [0.2, 0.25) is 0 Å². The maximum Gasteiger partial charge on any atom is 0.134 e. The number of rotatable bonds is 5. The molecule has 6 heteroatoms. The first-order valence-electron chi connectivity index (χ1n) is 8.93. The van der Waals surface area contributed by atoms with Crippen LogP contribution in [0, 0.1) is 0 Å². The fourth-order valence-electron chi connectivity index (χ4n) is 3.48. The minimum absolute atomic E-state index is 0.944. The zero-order valence-corrected chi connectivity index (χ0v) is 14.7. The molecular weight excluding hydrogens is 312 g/mol. The van der Waals surface area contributed by atoms with Crippen molar-refractivity contribution in [2.75, 3.05) is 13.1 Å². The number of hydrogen-bond donors (Lipinski definition) is 0. The van der Waals surface area contributed by atoms with Gasteiger partial charge in [-0.15, -0.1) is 10.2 Å². The van der Waals surface area contributed by atoms with Crippen molar-refractivity contribution in [1.82, 2.24) is 29.4 Å². The third-order valence-corrected chi connectivity index (χ3v) is 4.84. The summed E-state index contributed by atoms with van der Waals surface area (Å²) in [6, 6.07) is 10.6. The van der Waals surface area contributed by atoms with Gasteiger partial charge in [0.2, 0.25) is 0 Å². The van der Waals surface area contributed by atoms with Crippen LogP contribution in [0.25, 0.3) is 0 Å². The first-order chi connectivity index (χ1) is 12.3. The maximum absolute atomic E-state index is 4.45. The summed E-state index contributed by atoms with van der Waals surface area (Å²) in [6.45, 7) is 3.96. The average molecular weight is 336 g/mol. The molecule has 2 aromatic heterocycles. The fourth-order valence-corrected chi connectivity index (χ4v) is 3.48. The van der Waals surface area contributed by atoms with E-state index in [4.69, 9.17) is 0 Å². The van der Waals surface area contributed by atoms with Gasteiger partial charge in [0, 0.05) is 57.8 Å². The fraction of sp³-hybridized carbons (Fsp3) is 0.421. The molecule has 130 valence electrons. The Labute approximate surface area is 148 Å². The van der Waals surface area contributed by atoms with Gasteiger partial charge < -0.3 is 4.57 Å². The van der Waals surface area contributed by atoms with Crippen molar-refractivity contribution in [2.45, 2.75) is 32.4 Å². The second-order valence-electron chi connectivity index (χ2n) is 6.72. The summed E-state index contributed by atoms with van der Waals surface area (Å²) in [6.07, 6.45) is 6.96. The topological polar surface area (TPSA) is 51.8 Å². The van der Waals surface area contributed by atoms with Gasteiger partial charge >= 0.3 is 0 Å². The summed E-state index contributed by atoms with van der Waals surface area (Å²) in [4.78, 5) is 2.48. The summed E-state index contributed by atoms with van der Waals surface area (Å²) >= 11 is 0. The molecule has 0 radical (unpaired) electrons. The monoisotopic (exact) mass is 336 g/mol.